The van der Waals surface area contributed by atoms with Crippen molar-refractivity contribution in [1.29, 1.82) is 0 Å². The van der Waals surface area contributed by atoms with Gasteiger partial charge in [0.25, 0.3) is 11.8 Å². The van der Waals surface area contributed by atoms with Crippen molar-refractivity contribution >= 4 is 29.1 Å². The molecule has 1 aliphatic heterocycles. The molecule has 0 bridgehead atoms. The summed E-state index contributed by atoms with van der Waals surface area (Å²) in [6, 6.07) is 10.4. The summed E-state index contributed by atoms with van der Waals surface area (Å²) in [6.45, 7) is 5.86. The lowest BCUT2D eigenvalue weighted by atomic mass is 10.0. The van der Waals surface area contributed by atoms with E-state index in [1.165, 1.54) is 0 Å². The predicted octanol–water partition coefficient (Wildman–Crippen LogP) is 3.72. The minimum absolute atomic E-state index is 0.0536. The zero-order chi connectivity index (χ0) is 21.7. The Morgan fingerprint density at radius 1 is 1.20 bits per heavy atom. The number of benzene rings is 1. The number of carbonyl (C=O) groups excluding carboxylic acids is 3. The Hall–Kier alpha value is -2.67. The standard InChI is InChI=1S/C23H28N2O4S/c1-15(2)21(24-22(27)17-9-5-4-8-16(17)3)23(28)29-14-20(26)25-12-6-10-18(25)19-11-7-13-30-19/h4-5,7-9,11,13,15,18,21H,6,10,12,14H2,1-3H3,(H,24,27)/t18?,21-/m0/s1. The molecule has 0 radical (unpaired) electrons. The van der Waals surface area contributed by atoms with Gasteiger partial charge in [0.05, 0.1) is 6.04 Å². The lowest BCUT2D eigenvalue weighted by molar-refractivity contribution is -0.154. The minimum atomic E-state index is -0.823. The molecule has 1 fully saturated rings. The van der Waals surface area contributed by atoms with Gasteiger partial charge in [0.1, 0.15) is 6.04 Å². The SMILES string of the molecule is Cc1ccccc1C(=O)N[C@H](C(=O)OCC(=O)N1CCCC1c1cccs1)C(C)C. The van der Waals surface area contributed by atoms with Crippen LogP contribution in [0.1, 0.15) is 53.5 Å². The van der Waals surface area contributed by atoms with Crippen LogP contribution in [-0.4, -0.2) is 41.9 Å². The van der Waals surface area contributed by atoms with Crippen LogP contribution in [0, 0.1) is 12.8 Å². The van der Waals surface area contributed by atoms with Crippen LogP contribution < -0.4 is 5.32 Å². The average Bonchev–Trinajstić information content (AvgIpc) is 3.41. The fourth-order valence-electron chi connectivity index (χ4n) is 3.69. The number of likely N-dealkylation sites (tertiary alicyclic amines) is 1. The zero-order valence-corrected chi connectivity index (χ0v) is 18.4. The number of hydrogen-bond acceptors (Lipinski definition) is 5. The Morgan fingerprint density at radius 3 is 2.63 bits per heavy atom. The van der Waals surface area contributed by atoms with Gasteiger partial charge in [0, 0.05) is 17.0 Å². The molecule has 2 atom stereocenters. The Kier molecular flexibility index (Phi) is 7.26. The molecule has 2 amide bonds. The van der Waals surface area contributed by atoms with E-state index in [4.69, 9.17) is 4.74 Å². The number of amides is 2. The van der Waals surface area contributed by atoms with Crippen molar-refractivity contribution in [2.45, 2.75) is 45.7 Å². The van der Waals surface area contributed by atoms with Gasteiger partial charge in [-0.2, -0.15) is 0 Å². The fourth-order valence-corrected chi connectivity index (χ4v) is 4.57. The van der Waals surface area contributed by atoms with Crippen LogP contribution in [0.15, 0.2) is 41.8 Å². The van der Waals surface area contributed by atoms with Gasteiger partial charge >= 0.3 is 5.97 Å². The highest BCUT2D eigenvalue weighted by atomic mass is 32.1. The molecule has 1 unspecified atom stereocenters. The van der Waals surface area contributed by atoms with Gasteiger partial charge in [0.2, 0.25) is 0 Å². The predicted molar refractivity (Wildman–Crippen MR) is 116 cm³/mol. The lowest BCUT2D eigenvalue weighted by Crippen LogP contribution is -2.46. The van der Waals surface area contributed by atoms with E-state index in [1.807, 2.05) is 50.4 Å². The molecule has 160 valence electrons. The third-order valence-electron chi connectivity index (χ3n) is 5.38. The maximum atomic E-state index is 12.7. The molecule has 0 aliphatic carbocycles. The Bertz CT molecular complexity index is 894. The van der Waals surface area contributed by atoms with Gasteiger partial charge in [0.15, 0.2) is 6.61 Å². The van der Waals surface area contributed by atoms with Gasteiger partial charge in [-0.15, -0.1) is 11.3 Å². The van der Waals surface area contributed by atoms with E-state index in [9.17, 15) is 14.4 Å². The maximum Gasteiger partial charge on any atom is 0.329 e. The van der Waals surface area contributed by atoms with Crippen LogP contribution in [0.25, 0.3) is 0 Å². The molecule has 1 N–H and O–H groups in total. The van der Waals surface area contributed by atoms with Crippen molar-refractivity contribution in [3.05, 3.63) is 57.8 Å². The smallest absolute Gasteiger partial charge is 0.329 e. The second-order valence-corrected chi connectivity index (χ2v) is 8.86. The minimum Gasteiger partial charge on any atom is -0.454 e. The van der Waals surface area contributed by atoms with Crippen molar-refractivity contribution in [3.8, 4) is 0 Å². The number of carbonyl (C=O) groups is 3. The summed E-state index contributed by atoms with van der Waals surface area (Å²) in [7, 11) is 0. The van der Waals surface area contributed by atoms with E-state index in [0.29, 0.717) is 12.1 Å². The van der Waals surface area contributed by atoms with Crippen LogP contribution >= 0.6 is 11.3 Å². The monoisotopic (exact) mass is 428 g/mol. The third kappa shape index (κ3) is 5.08. The van der Waals surface area contributed by atoms with Gasteiger partial charge < -0.3 is 15.0 Å². The van der Waals surface area contributed by atoms with Crippen molar-refractivity contribution in [3.63, 3.8) is 0 Å². The van der Waals surface area contributed by atoms with E-state index >= 15 is 0 Å². The summed E-state index contributed by atoms with van der Waals surface area (Å²) in [5.74, 6) is -1.29. The van der Waals surface area contributed by atoms with Crippen LogP contribution in [0.5, 0.6) is 0 Å². The summed E-state index contributed by atoms with van der Waals surface area (Å²) in [5, 5.41) is 4.76. The Balaban J connectivity index is 1.59. The van der Waals surface area contributed by atoms with Crippen molar-refractivity contribution in [2.24, 2.45) is 5.92 Å². The number of nitrogens with one attached hydrogen (secondary N) is 1. The van der Waals surface area contributed by atoms with E-state index < -0.39 is 12.0 Å². The molecule has 6 nitrogen and oxygen atoms in total. The van der Waals surface area contributed by atoms with Crippen LogP contribution in [0.3, 0.4) is 0 Å². The number of aryl methyl sites for hydroxylation is 1. The van der Waals surface area contributed by atoms with E-state index in [0.717, 1.165) is 23.3 Å². The van der Waals surface area contributed by atoms with Crippen molar-refractivity contribution < 1.29 is 19.1 Å². The molecule has 1 aliphatic rings. The summed E-state index contributed by atoms with van der Waals surface area (Å²) in [6.07, 6.45) is 1.85. The molecular formula is C23H28N2O4S. The Labute approximate surface area is 181 Å². The van der Waals surface area contributed by atoms with E-state index in [2.05, 4.69) is 5.32 Å². The number of esters is 1. The first-order valence-electron chi connectivity index (χ1n) is 10.2. The second kappa shape index (κ2) is 9.89. The molecule has 1 aromatic heterocycles. The number of nitrogens with zero attached hydrogens (tertiary/aromatic N) is 1. The first-order valence-corrected chi connectivity index (χ1v) is 11.1. The highest BCUT2D eigenvalue weighted by molar-refractivity contribution is 7.10. The summed E-state index contributed by atoms with van der Waals surface area (Å²) in [4.78, 5) is 40.9. The molecule has 2 aromatic rings. The Morgan fingerprint density at radius 2 is 1.97 bits per heavy atom. The number of rotatable bonds is 7. The van der Waals surface area contributed by atoms with Crippen molar-refractivity contribution in [1.82, 2.24) is 10.2 Å². The van der Waals surface area contributed by atoms with E-state index in [1.54, 1.807) is 28.4 Å². The highest BCUT2D eigenvalue weighted by Crippen LogP contribution is 2.34. The van der Waals surface area contributed by atoms with Gasteiger partial charge in [-0.25, -0.2) is 4.79 Å². The highest BCUT2D eigenvalue weighted by Gasteiger charge is 2.32. The first-order chi connectivity index (χ1) is 14.4. The third-order valence-corrected chi connectivity index (χ3v) is 6.35. The molecule has 30 heavy (non-hydrogen) atoms. The topological polar surface area (TPSA) is 75.7 Å². The molecular weight excluding hydrogens is 400 g/mol. The summed E-state index contributed by atoms with van der Waals surface area (Å²) in [5.41, 5.74) is 1.34. The largest absolute Gasteiger partial charge is 0.454 e. The van der Waals surface area contributed by atoms with Crippen LogP contribution in [0.2, 0.25) is 0 Å². The molecule has 0 saturated carbocycles. The molecule has 1 aromatic carbocycles. The summed E-state index contributed by atoms with van der Waals surface area (Å²) < 4.78 is 5.33. The number of thiophene rings is 1. The first kappa shape index (κ1) is 22.0. The van der Waals surface area contributed by atoms with Crippen molar-refractivity contribution in [2.75, 3.05) is 13.2 Å². The molecule has 3 rings (SSSR count). The van der Waals surface area contributed by atoms with Gasteiger partial charge in [-0.05, 0) is 48.8 Å². The quantitative estimate of drug-likeness (QED) is 0.682. The summed E-state index contributed by atoms with van der Waals surface area (Å²) >= 11 is 1.63. The lowest BCUT2D eigenvalue weighted by Gasteiger charge is -2.25. The van der Waals surface area contributed by atoms with Gasteiger partial charge in [-0.3, -0.25) is 9.59 Å². The van der Waals surface area contributed by atoms with Crippen LogP contribution in [-0.2, 0) is 14.3 Å². The fraction of sp³-hybridized carbons (Fsp3) is 0.435. The maximum absolute atomic E-state index is 12.7. The number of hydrogen-bond donors (Lipinski definition) is 1. The molecule has 2 heterocycles. The normalized spacial score (nSPS) is 17.1. The van der Waals surface area contributed by atoms with E-state index in [-0.39, 0.29) is 30.4 Å². The van der Waals surface area contributed by atoms with Crippen LogP contribution in [0.4, 0.5) is 0 Å². The molecule has 0 spiro atoms. The average molecular weight is 429 g/mol. The second-order valence-electron chi connectivity index (χ2n) is 7.88. The number of ether oxygens (including phenoxy) is 1. The van der Waals surface area contributed by atoms with Gasteiger partial charge in [-0.1, -0.05) is 38.1 Å². The zero-order valence-electron chi connectivity index (χ0n) is 17.6. The molecule has 1 saturated heterocycles. The molecule has 7 heteroatoms.